The fourth-order valence-electron chi connectivity index (χ4n) is 2.64. The third kappa shape index (κ3) is 4.19. The predicted octanol–water partition coefficient (Wildman–Crippen LogP) is 0.808. The first-order valence-electron chi connectivity index (χ1n) is 7.21. The number of nitrogens with one attached hydrogen (secondary N) is 2. The molecule has 2 rings (SSSR count). The number of likely N-dealkylation sites (tertiary alicyclic amines) is 1. The van der Waals surface area contributed by atoms with Crippen LogP contribution in [0.4, 0.5) is 11.4 Å². The number of hydrogen-bond acceptors (Lipinski definition) is 4. The molecule has 1 atom stereocenters. The van der Waals surface area contributed by atoms with Crippen molar-refractivity contribution in [2.24, 2.45) is 0 Å². The van der Waals surface area contributed by atoms with E-state index in [2.05, 4.69) is 15.5 Å². The molecule has 1 heterocycles. The molecule has 114 valence electrons. The first-order chi connectivity index (χ1) is 10.1. The van der Waals surface area contributed by atoms with Gasteiger partial charge in [-0.15, -0.1) is 0 Å². The Hall–Kier alpha value is -2.08. The van der Waals surface area contributed by atoms with Crippen LogP contribution in [-0.4, -0.2) is 42.9 Å². The summed E-state index contributed by atoms with van der Waals surface area (Å²) in [5.41, 5.74) is 6.99. The summed E-state index contributed by atoms with van der Waals surface area (Å²) in [5, 5.41) is 5.49. The lowest BCUT2D eigenvalue weighted by Gasteiger charge is -2.22. The smallest absolute Gasteiger partial charge is 0.237 e. The average Bonchev–Trinajstić information content (AvgIpc) is 2.92. The summed E-state index contributed by atoms with van der Waals surface area (Å²) in [6, 6.07) is 6.99. The first kappa shape index (κ1) is 15.3. The lowest BCUT2D eigenvalue weighted by atomic mass is 10.2. The Morgan fingerprint density at radius 1 is 1.43 bits per heavy atom. The Balaban J connectivity index is 1.82. The van der Waals surface area contributed by atoms with Crippen molar-refractivity contribution >= 4 is 23.2 Å². The van der Waals surface area contributed by atoms with Crippen LogP contribution in [0.25, 0.3) is 0 Å². The second-order valence-corrected chi connectivity index (χ2v) is 5.23. The summed E-state index contributed by atoms with van der Waals surface area (Å²) < 4.78 is 0. The van der Waals surface area contributed by atoms with Crippen LogP contribution in [-0.2, 0) is 9.59 Å². The van der Waals surface area contributed by atoms with Crippen molar-refractivity contribution in [1.29, 1.82) is 0 Å². The van der Waals surface area contributed by atoms with Gasteiger partial charge in [-0.25, -0.2) is 0 Å². The van der Waals surface area contributed by atoms with E-state index < -0.39 is 0 Å². The van der Waals surface area contributed by atoms with Crippen LogP contribution in [0.1, 0.15) is 19.3 Å². The van der Waals surface area contributed by atoms with Crippen LogP contribution < -0.4 is 16.4 Å². The molecule has 1 unspecified atom stereocenters. The molecule has 0 aromatic heterocycles. The maximum absolute atomic E-state index is 11.9. The molecule has 0 radical (unpaired) electrons. The number of carbonyl (C=O) groups is 2. The molecule has 1 aliphatic rings. The van der Waals surface area contributed by atoms with Crippen LogP contribution in [0, 0.1) is 0 Å². The summed E-state index contributed by atoms with van der Waals surface area (Å²) >= 11 is 0. The van der Waals surface area contributed by atoms with Gasteiger partial charge in [0, 0.05) is 31.4 Å². The monoisotopic (exact) mass is 290 g/mol. The van der Waals surface area contributed by atoms with Gasteiger partial charge in [-0.05, 0) is 37.6 Å². The molecule has 0 saturated carbocycles. The second-order valence-electron chi connectivity index (χ2n) is 5.23. The van der Waals surface area contributed by atoms with Gasteiger partial charge in [0.25, 0.3) is 0 Å². The van der Waals surface area contributed by atoms with Crippen molar-refractivity contribution in [3.05, 3.63) is 24.3 Å². The van der Waals surface area contributed by atoms with E-state index in [0.717, 1.165) is 19.4 Å². The maximum Gasteiger partial charge on any atom is 0.237 e. The zero-order chi connectivity index (χ0) is 15.2. The van der Waals surface area contributed by atoms with E-state index in [-0.39, 0.29) is 17.9 Å². The summed E-state index contributed by atoms with van der Waals surface area (Å²) in [5.74, 6) is -0.0353. The quantitative estimate of drug-likeness (QED) is 0.700. The molecule has 1 fully saturated rings. The van der Waals surface area contributed by atoms with Gasteiger partial charge in [-0.1, -0.05) is 6.07 Å². The minimum Gasteiger partial charge on any atom is -0.399 e. The molecule has 0 bridgehead atoms. The number of amides is 2. The van der Waals surface area contributed by atoms with E-state index >= 15 is 0 Å². The standard InChI is InChI=1S/C15H22N4O2/c1-17-15(21)13-6-3-8-19(13)9-7-14(20)18-12-5-2-4-11(16)10-12/h2,4-5,10,13H,3,6-9,16H2,1H3,(H,17,21)(H,18,20). The minimum absolute atomic E-state index is 0.0312. The molecule has 0 spiro atoms. The van der Waals surface area contributed by atoms with Gasteiger partial charge in [0.2, 0.25) is 11.8 Å². The molecule has 2 amide bonds. The molecule has 4 N–H and O–H groups in total. The van der Waals surface area contributed by atoms with Gasteiger partial charge in [-0.3, -0.25) is 14.5 Å². The highest BCUT2D eigenvalue weighted by molar-refractivity contribution is 5.91. The second kappa shape index (κ2) is 7.08. The van der Waals surface area contributed by atoms with Crippen molar-refractivity contribution in [1.82, 2.24) is 10.2 Å². The molecule has 6 heteroatoms. The van der Waals surface area contributed by atoms with E-state index in [1.165, 1.54) is 0 Å². The van der Waals surface area contributed by atoms with Crippen molar-refractivity contribution in [3.8, 4) is 0 Å². The zero-order valence-electron chi connectivity index (χ0n) is 12.3. The molecule has 6 nitrogen and oxygen atoms in total. The number of hydrogen-bond donors (Lipinski definition) is 3. The number of benzene rings is 1. The van der Waals surface area contributed by atoms with E-state index in [0.29, 0.717) is 24.3 Å². The topological polar surface area (TPSA) is 87.5 Å². The van der Waals surface area contributed by atoms with Gasteiger partial charge in [-0.2, -0.15) is 0 Å². The fraction of sp³-hybridized carbons (Fsp3) is 0.467. The summed E-state index contributed by atoms with van der Waals surface area (Å²) in [4.78, 5) is 25.7. The third-order valence-electron chi connectivity index (χ3n) is 3.71. The molecular formula is C15H22N4O2. The predicted molar refractivity (Wildman–Crippen MR) is 82.8 cm³/mol. The molecule has 0 aliphatic carbocycles. The van der Waals surface area contributed by atoms with Crippen molar-refractivity contribution in [2.75, 3.05) is 31.2 Å². The molecular weight excluding hydrogens is 268 g/mol. The van der Waals surface area contributed by atoms with Gasteiger partial charge in [0.05, 0.1) is 6.04 Å². The number of anilines is 2. The largest absolute Gasteiger partial charge is 0.399 e. The number of nitrogens with two attached hydrogens (primary N) is 1. The van der Waals surface area contributed by atoms with Gasteiger partial charge < -0.3 is 16.4 Å². The fourth-order valence-corrected chi connectivity index (χ4v) is 2.64. The summed E-state index contributed by atoms with van der Waals surface area (Å²) in [7, 11) is 1.64. The minimum atomic E-state index is -0.102. The Morgan fingerprint density at radius 3 is 2.95 bits per heavy atom. The van der Waals surface area contributed by atoms with Gasteiger partial charge >= 0.3 is 0 Å². The Bertz CT molecular complexity index is 518. The maximum atomic E-state index is 11.9. The van der Waals surface area contributed by atoms with Crippen molar-refractivity contribution < 1.29 is 9.59 Å². The SMILES string of the molecule is CNC(=O)C1CCCN1CCC(=O)Nc1cccc(N)c1. The first-order valence-corrected chi connectivity index (χ1v) is 7.21. The average molecular weight is 290 g/mol. The van der Waals surface area contributed by atoms with Crippen LogP contribution in [0.3, 0.4) is 0 Å². The number of likely N-dealkylation sites (N-methyl/N-ethyl adjacent to an activating group) is 1. The molecule has 1 aromatic rings. The lowest BCUT2D eigenvalue weighted by Crippen LogP contribution is -2.42. The Morgan fingerprint density at radius 2 is 2.24 bits per heavy atom. The van der Waals surface area contributed by atoms with Crippen LogP contribution in [0.5, 0.6) is 0 Å². The van der Waals surface area contributed by atoms with Gasteiger partial charge in [0.15, 0.2) is 0 Å². The van der Waals surface area contributed by atoms with Gasteiger partial charge in [0.1, 0.15) is 0 Å². The highest BCUT2D eigenvalue weighted by Gasteiger charge is 2.29. The summed E-state index contributed by atoms with van der Waals surface area (Å²) in [6.07, 6.45) is 2.22. The molecule has 1 saturated heterocycles. The highest BCUT2D eigenvalue weighted by atomic mass is 16.2. The molecule has 21 heavy (non-hydrogen) atoms. The third-order valence-corrected chi connectivity index (χ3v) is 3.71. The van der Waals surface area contributed by atoms with E-state index in [4.69, 9.17) is 5.73 Å². The van der Waals surface area contributed by atoms with Crippen LogP contribution in [0.15, 0.2) is 24.3 Å². The molecule has 1 aliphatic heterocycles. The van der Waals surface area contributed by atoms with E-state index in [1.807, 2.05) is 0 Å². The van der Waals surface area contributed by atoms with E-state index in [9.17, 15) is 9.59 Å². The summed E-state index contributed by atoms with van der Waals surface area (Å²) in [6.45, 7) is 1.45. The van der Waals surface area contributed by atoms with Crippen molar-refractivity contribution in [3.63, 3.8) is 0 Å². The normalized spacial score (nSPS) is 18.4. The lowest BCUT2D eigenvalue weighted by molar-refractivity contribution is -0.125. The number of rotatable bonds is 5. The Labute approximate surface area is 124 Å². The van der Waals surface area contributed by atoms with Crippen LogP contribution in [0.2, 0.25) is 0 Å². The zero-order valence-corrected chi connectivity index (χ0v) is 12.3. The number of carbonyl (C=O) groups excluding carboxylic acids is 2. The number of nitrogen functional groups attached to an aromatic ring is 1. The molecule has 1 aromatic carbocycles. The highest BCUT2D eigenvalue weighted by Crippen LogP contribution is 2.18. The Kier molecular flexibility index (Phi) is 5.16. The van der Waals surface area contributed by atoms with Crippen LogP contribution >= 0.6 is 0 Å². The van der Waals surface area contributed by atoms with E-state index in [1.54, 1.807) is 31.3 Å². The van der Waals surface area contributed by atoms with Crippen molar-refractivity contribution in [2.45, 2.75) is 25.3 Å². The number of nitrogens with zero attached hydrogens (tertiary/aromatic N) is 1.